The Morgan fingerprint density at radius 3 is 2.20 bits per heavy atom. The average Bonchev–Trinajstić information content (AvgIpc) is 2.17. The molecule has 0 spiro atoms. The normalized spacial score (nSPS) is 13.7. The molecule has 0 heterocycles. The zero-order valence-corrected chi connectivity index (χ0v) is 9.60. The quantitative estimate of drug-likeness (QED) is 0.771. The first-order valence-corrected chi connectivity index (χ1v) is 5.19. The molecule has 1 atom stereocenters. The Morgan fingerprint density at radius 1 is 1.27 bits per heavy atom. The highest BCUT2D eigenvalue weighted by Gasteiger charge is 2.37. The van der Waals surface area contributed by atoms with Crippen LogP contribution in [-0.2, 0) is 6.42 Å². The highest BCUT2D eigenvalue weighted by atomic mass is 79.9. The van der Waals surface area contributed by atoms with E-state index in [1.165, 1.54) is 7.11 Å². The zero-order valence-electron chi connectivity index (χ0n) is 8.01. The van der Waals surface area contributed by atoms with Gasteiger partial charge in [-0.15, -0.1) is 0 Å². The van der Waals surface area contributed by atoms with Gasteiger partial charge in [0, 0.05) is 0 Å². The molecule has 0 radical (unpaired) electrons. The molecule has 1 unspecified atom stereocenters. The van der Waals surface area contributed by atoms with Crippen molar-refractivity contribution in [2.75, 3.05) is 7.11 Å². The van der Waals surface area contributed by atoms with E-state index in [1.807, 2.05) is 0 Å². The summed E-state index contributed by atoms with van der Waals surface area (Å²) in [7, 11) is 1.51. The van der Waals surface area contributed by atoms with Gasteiger partial charge in [-0.05, 0) is 24.1 Å². The third-order valence-electron chi connectivity index (χ3n) is 1.93. The molecule has 0 saturated heterocycles. The van der Waals surface area contributed by atoms with E-state index in [4.69, 9.17) is 4.74 Å². The van der Waals surface area contributed by atoms with Gasteiger partial charge >= 0.3 is 6.18 Å². The molecule has 0 aliphatic rings. The van der Waals surface area contributed by atoms with E-state index in [0.717, 1.165) is 0 Å². The average molecular weight is 283 g/mol. The molecule has 0 amide bonds. The molecule has 15 heavy (non-hydrogen) atoms. The van der Waals surface area contributed by atoms with Crippen LogP contribution < -0.4 is 4.74 Å². The first-order valence-electron chi connectivity index (χ1n) is 4.27. The molecule has 0 aliphatic carbocycles. The number of halogens is 4. The largest absolute Gasteiger partial charge is 0.497 e. The highest BCUT2D eigenvalue weighted by molar-refractivity contribution is 9.09. The molecule has 0 fully saturated rings. The van der Waals surface area contributed by atoms with Crippen molar-refractivity contribution in [2.45, 2.75) is 17.4 Å². The van der Waals surface area contributed by atoms with Crippen LogP contribution in [0.15, 0.2) is 24.3 Å². The third kappa shape index (κ3) is 3.74. The Labute approximate surface area is 94.4 Å². The summed E-state index contributed by atoms with van der Waals surface area (Å²) in [6.45, 7) is 0. The van der Waals surface area contributed by atoms with Gasteiger partial charge in [0.1, 0.15) is 10.6 Å². The molecule has 0 N–H and O–H groups in total. The maximum atomic E-state index is 12.2. The Hall–Kier alpha value is -0.710. The van der Waals surface area contributed by atoms with Crippen LogP contribution in [0.25, 0.3) is 0 Å². The topological polar surface area (TPSA) is 9.23 Å². The molecule has 0 aliphatic heterocycles. The Morgan fingerprint density at radius 2 is 1.80 bits per heavy atom. The molecule has 0 saturated carbocycles. The maximum absolute atomic E-state index is 12.2. The zero-order chi connectivity index (χ0) is 11.5. The monoisotopic (exact) mass is 282 g/mol. The van der Waals surface area contributed by atoms with Gasteiger partial charge < -0.3 is 4.74 Å². The molecular weight excluding hydrogens is 273 g/mol. The number of hydrogen-bond acceptors (Lipinski definition) is 1. The summed E-state index contributed by atoms with van der Waals surface area (Å²) in [5, 5.41) is 0. The predicted octanol–water partition coefficient (Wildman–Crippen LogP) is 3.56. The first-order chi connectivity index (χ1) is 6.93. The number of benzene rings is 1. The van der Waals surface area contributed by atoms with Crippen molar-refractivity contribution < 1.29 is 17.9 Å². The van der Waals surface area contributed by atoms with Gasteiger partial charge in [-0.2, -0.15) is 13.2 Å². The van der Waals surface area contributed by atoms with E-state index >= 15 is 0 Å². The molecule has 5 heteroatoms. The van der Waals surface area contributed by atoms with Gasteiger partial charge in [-0.1, -0.05) is 28.1 Å². The van der Waals surface area contributed by atoms with Gasteiger partial charge in [-0.25, -0.2) is 0 Å². The molecule has 0 bridgehead atoms. The van der Waals surface area contributed by atoms with Crippen molar-refractivity contribution in [2.24, 2.45) is 0 Å². The van der Waals surface area contributed by atoms with E-state index in [2.05, 4.69) is 15.9 Å². The second-order valence-corrected chi connectivity index (χ2v) is 4.17. The summed E-state index contributed by atoms with van der Waals surface area (Å²) in [6, 6.07) is 6.54. The van der Waals surface area contributed by atoms with Gasteiger partial charge in [0.2, 0.25) is 0 Å². The van der Waals surface area contributed by atoms with Crippen molar-refractivity contribution in [3.05, 3.63) is 29.8 Å². The standard InChI is InChI=1S/C10H10BrF3O/c1-15-8-4-2-7(3-5-8)6-9(11)10(12,13)14/h2-5,9H,6H2,1H3. The number of rotatable bonds is 3. The van der Waals surface area contributed by atoms with Gasteiger partial charge in [0.25, 0.3) is 0 Å². The van der Waals surface area contributed by atoms with Crippen molar-refractivity contribution in [3.63, 3.8) is 0 Å². The summed E-state index contributed by atoms with van der Waals surface area (Å²) < 4.78 is 41.5. The van der Waals surface area contributed by atoms with Crippen LogP contribution in [0.4, 0.5) is 13.2 Å². The Bertz CT molecular complexity index is 307. The smallest absolute Gasteiger partial charge is 0.401 e. The minimum Gasteiger partial charge on any atom is -0.497 e. The molecular formula is C10H10BrF3O. The second-order valence-electron chi connectivity index (χ2n) is 3.06. The van der Waals surface area contributed by atoms with Gasteiger partial charge in [0.05, 0.1) is 7.11 Å². The lowest BCUT2D eigenvalue weighted by Gasteiger charge is -2.13. The van der Waals surface area contributed by atoms with Crippen molar-refractivity contribution in [3.8, 4) is 5.75 Å². The number of hydrogen-bond donors (Lipinski definition) is 0. The molecule has 0 aromatic heterocycles. The van der Waals surface area contributed by atoms with Crippen LogP contribution in [0.1, 0.15) is 5.56 Å². The summed E-state index contributed by atoms with van der Waals surface area (Å²) in [4.78, 5) is -1.50. The van der Waals surface area contributed by atoms with Crippen LogP contribution in [0.2, 0.25) is 0 Å². The maximum Gasteiger partial charge on any atom is 0.401 e. The van der Waals surface area contributed by atoms with E-state index in [-0.39, 0.29) is 6.42 Å². The number of alkyl halides is 4. The van der Waals surface area contributed by atoms with Crippen molar-refractivity contribution in [1.82, 2.24) is 0 Å². The minimum absolute atomic E-state index is 0.0759. The molecule has 1 nitrogen and oxygen atoms in total. The Kier molecular flexibility index (Phi) is 4.02. The highest BCUT2D eigenvalue weighted by Crippen LogP contribution is 2.29. The molecule has 1 aromatic carbocycles. The molecule has 1 aromatic rings. The number of methoxy groups -OCH3 is 1. The molecule has 1 rings (SSSR count). The fourth-order valence-corrected chi connectivity index (χ4v) is 1.46. The predicted molar refractivity (Wildman–Crippen MR) is 55.5 cm³/mol. The minimum atomic E-state index is -4.21. The fourth-order valence-electron chi connectivity index (χ4n) is 1.08. The van der Waals surface area contributed by atoms with Crippen LogP contribution in [0, 0.1) is 0 Å². The lowest BCUT2D eigenvalue weighted by Crippen LogP contribution is -2.24. The lowest BCUT2D eigenvalue weighted by molar-refractivity contribution is -0.126. The lowest BCUT2D eigenvalue weighted by atomic mass is 10.1. The van der Waals surface area contributed by atoms with Crippen LogP contribution in [-0.4, -0.2) is 18.1 Å². The first kappa shape index (κ1) is 12.4. The van der Waals surface area contributed by atoms with Crippen molar-refractivity contribution >= 4 is 15.9 Å². The van der Waals surface area contributed by atoms with E-state index < -0.39 is 11.0 Å². The van der Waals surface area contributed by atoms with E-state index in [9.17, 15) is 13.2 Å². The van der Waals surface area contributed by atoms with Crippen LogP contribution in [0.3, 0.4) is 0 Å². The SMILES string of the molecule is COc1ccc(CC(Br)C(F)(F)F)cc1. The van der Waals surface area contributed by atoms with E-state index in [1.54, 1.807) is 24.3 Å². The Balaban J connectivity index is 2.65. The fraction of sp³-hybridized carbons (Fsp3) is 0.400. The number of ether oxygens (including phenoxy) is 1. The van der Waals surface area contributed by atoms with Gasteiger partial charge in [0.15, 0.2) is 0 Å². The van der Waals surface area contributed by atoms with Crippen molar-refractivity contribution in [1.29, 1.82) is 0 Å². The second kappa shape index (κ2) is 4.88. The van der Waals surface area contributed by atoms with Gasteiger partial charge in [-0.3, -0.25) is 0 Å². The summed E-state index contributed by atoms with van der Waals surface area (Å²) in [6.07, 6.45) is -4.28. The van der Waals surface area contributed by atoms with Crippen LogP contribution >= 0.6 is 15.9 Å². The van der Waals surface area contributed by atoms with Crippen LogP contribution in [0.5, 0.6) is 5.75 Å². The van der Waals surface area contributed by atoms with E-state index in [0.29, 0.717) is 11.3 Å². The summed E-state index contributed by atoms with van der Waals surface area (Å²) >= 11 is 2.61. The molecule has 84 valence electrons. The summed E-state index contributed by atoms with van der Waals surface area (Å²) in [5.41, 5.74) is 0.620. The summed E-state index contributed by atoms with van der Waals surface area (Å²) in [5.74, 6) is 0.636. The third-order valence-corrected chi connectivity index (χ3v) is 2.77.